The molecule has 7 heteroatoms. The van der Waals surface area contributed by atoms with Crippen molar-refractivity contribution in [2.75, 3.05) is 0 Å². The molecule has 1 amide bonds. The van der Waals surface area contributed by atoms with Crippen LogP contribution < -0.4 is 5.32 Å². The van der Waals surface area contributed by atoms with E-state index in [0.717, 1.165) is 28.6 Å². The molecule has 34 heavy (non-hydrogen) atoms. The van der Waals surface area contributed by atoms with Crippen molar-refractivity contribution in [2.45, 2.75) is 44.6 Å². The number of aryl methyl sites for hydroxylation is 3. The summed E-state index contributed by atoms with van der Waals surface area (Å²) in [6, 6.07) is 21.7. The Hall–Kier alpha value is -3.09. The molecule has 4 rings (SSSR count). The van der Waals surface area contributed by atoms with E-state index in [1.165, 1.54) is 16.7 Å². The van der Waals surface area contributed by atoms with Crippen LogP contribution in [-0.4, -0.2) is 20.7 Å². The van der Waals surface area contributed by atoms with Gasteiger partial charge in [0.2, 0.25) is 0 Å². The number of benzene rings is 3. The van der Waals surface area contributed by atoms with Crippen molar-refractivity contribution in [3.05, 3.63) is 105 Å². The van der Waals surface area contributed by atoms with E-state index in [0.29, 0.717) is 16.4 Å². The molecule has 0 bridgehead atoms. The van der Waals surface area contributed by atoms with E-state index in [1.807, 2.05) is 66.1 Å². The Labute approximate surface area is 209 Å². The Morgan fingerprint density at radius 1 is 1.00 bits per heavy atom. The van der Waals surface area contributed by atoms with E-state index in [4.69, 9.17) is 11.6 Å². The van der Waals surface area contributed by atoms with Gasteiger partial charge in [-0.2, -0.15) is 0 Å². The lowest BCUT2D eigenvalue weighted by molar-refractivity contribution is 0.0949. The van der Waals surface area contributed by atoms with Crippen LogP contribution in [-0.2, 0) is 18.7 Å². The highest BCUT2D eigenvalue weighted by atomic mass is 35.5. The van der Waals surface area contributed by atoms with Gasteiger partial charge in [0.25, 0.3) is 5.91 Å². The highest BCUT2D eigenvalue weighted by molar-refractivity contribution is 7.98. The lowest BCUT2D eigenvalue weighted by atomic mass is 10.1. The van der Waals surface area contributed by atoms with Gasteiger partial charge in [-0.05, 0) is 66.8 Å². The maximum absolute atomic E-state index is 12.7. The molecule has 1 aromatic heterocycles. The second kappa shape index (κ2) is 10.9. The Morgan fingerprint density at radius 3 is 2.50 bits per heavy atom. The van der Waals surface area contributed by atoms with Crippen molar-refractivity contribution in [1.82, 2.24) is 20.1 Å². The highest BCUT2D eigenvalue weighted by Gasteiger charge is 2.18. The Kier molecular flexibility index (Phi) is 7.70. The first-order valence-electron chi connectivity index (χ1n) is 11.2. The number of aromatic nitrogens is 3. The molecule has 1 heterocycles. The summed E-state index contributed by atoms with van der Waals surface area (Å²) in [5, 5.41) is 13.3. The predicted molar refractivity (Wildman–Crippen MR) is 139 cm³/mol. The van der Waals surface area contributed by atoms with Crippen LogP contribution in [0.25, 0.3) is 5.69 Å². The first-order chi connectivity index (χ1) is 16.5. The first kappa shape index (κ1) is 24.0. The summed E-state index contributed by atoms with van der Waals surface area (Å²) >= 11 is 7.95. The largest absolute Gasteiger partial charge is 0.345 e. The molecule has 0 atom stereocenters. The molecule has 0 spiro atoms. The molecular formula is C27H27ClN4OS. The fourth-order valence-corrected chi connectivity index (χ4v) is 4.85. The number of thioether (sulfide) groups is 1. The molecule has 0 saturated heterocycles. The van der Waals surface area contributed by atoms with Gasteiger partial charge in [-0.1, -0.05) is 72.8 Å². The monoisotopic (exact) mass is 490 g/mol. The van der Waals surface area contributed by atoms with E-state index in [2.05, 4.69) is 41.5 Å². The molecule has 4 aromatic rings. The van der Waals surface area contributed by atoms with Crippen LogP contribution in [0, 0.1) is 13.8 Å². The SMILES string of the molecule is CCc1ccc(C(=O)NCc2nnc(SCc3ccccc3C)n2-c2cc(Cl)ccc2C)cc1. The number of carbonyl (C=O) groups excluding carboxylic acids is 1. The van der Waals surface area contributed by atoms with Gasteiger partial charge in [-0.25, -0.2) is 0 Å². The summed E-state index contributed by atoms with van der Waals surface area (Å²) in [6.07, 6.45) is 0.937. The minimum absolute atomic E-state index is 0.144. The fourth-order valence-electron chi connectivity index (χ4n) is 3.64. The normalized spacial score (nSPS) is 10.9. The minimum atomic E-state index is -0.144. The maximum atomic E-state index is 12.7. The van der Waals surface area contributed by atoms with Gasteiger partial charge in [0, 0.05) is 16.3 Å². The average Bonchev–Trinajstić information content (AvgIpc) is 3.26. The average molecular weight is 491 g/mol. The third kappa shape index (κ3) is 5.51. The topological polar surface area (TPSA) is 59.8 Å². The third-order valence-corrected chi connectivity index (χ3v) is 6.97. The molecule has 3 aromatic carbocycles. The summed E-state index contributed by atoms with van der Waals surface area (Å²) in [4.78, 5) is 12.7. The fraction of sp³-hybridized carbons (Fsp3) is 0.222. The van der Waals surface area contributed by atoms with Crippen molar-refractivity contribution in [3.63, 3.8) is 0 Å². The molecule has 5 nitrogen and oxygen atoms in total. The molecule has 174 valence electrons. The van der Waals surface area contributed by atoms with Crippen LogP contribution in [0.1, 0.15) is 45.4 Å². The van der Waals surface area contributed by atoms with Gasteiger partial charge in [0.15, 0.2) is 11.0 Å². The quantitative estimate of drug-likeness (QED) is 0.293. The van der Waals surface area contributed by atoms with Gasteiger partial charge in [-0.3, -0.25) is 9.36 Å². The molecule has 0 fully saturated rings. The van der Waals surface area contributed by atoms with E-state index in [9.17, 15) is 4.79 Å². The van der Waals surface area contributed by atoms with Crippen molar-refractivity contribution >= 4 is 29.3 Å². The zero-order chi connectivity index (χ0) is 24.1. The second-order valence-corrected chi connectivity index (χ2v) is 9.49. The predicted octanol–water partition coefficient (Wildman–Crippen LogP) is 6.32. The van der Waals surface area contributed by atoms with Crippen LogP contribution in [0.2, 0.25) is 5.02 Å². The van der Waals surface area contributed by atoms with Crippen LogP contribution in [0.15, 0.2) is 71.9 Å². The Morgan fingerprint density at radius 2 is 1.76 bits per heavy atom. The van der Waals surface area contributed by atoms with Crippen LogP contribution in [0.4, 0.5) is 0 Å². The third-order valence-electron chi connectivity index (χ3n) is 5.76. The van der Waals surface area contributed by atoms with Crippen molar-refractivity contribution in [1.29, 1.82) is 0 Å². The number of amides is 1. The summed E-state index contributed by atoms with van der Waals surface area (Å²) in [6.45, 7) is 6.47. The number of hydrogen-bond acceptors (Lipinski definition) is 4. The van der Waals surface area contributed by atoms with E-state index >= 15 is 0 Å². The van der Waals surface area contributed by atoms with Crippen LogP contribution in [0.5, 0.6) is 0 Å². The summed E-state index contributed by atoms with van der Waals surface area (Å²) in [5.74, 6) is 1.27. The van der Waals surface area contributed by atoms with Crippen molar-refractivity contribution < 1.29 is 4.79 Å². The van der Waals surface area contributed by atoms with Gasteiger partial charge in [0.05, 0.1) is 12.2 Å². The zero-order valence-electron chi connectivity index (χ0n) is 19.5. The molecular weight excluding hydrogens is 464 g/mol. The first-order valence-corrected chi connectivity index (χ1v) is 12.6. The molecule has 1 N–H and O–H groups in total. The number of rotatable bonds is 8. The standard InChI is InChI=1S/C27H27ClN4OS/c1-4-20-10-12-21(13-11-20)26(33)29-16-25-30-31-27(34-17-22-8-6-5-7-18(22)2)32(25)24-15-23(28)14-9-19(24)3/h5-15H,4,16-17H2,1-3H3,(H,29,33). The zero-order valence-corrected chi connectivity index (χ0v) is 21.1. The highest BCUT2D eigenvalue weighted by Crippen LogP contribution is 2.29. The second-order valence-electron chi connectivity index (χ2n) is 8.11. The summed E-state index contributed by atoms with van der Waals surface area (Å²) in [5.41, 5.74) is 6.25. The molecule has 0 saturated carbocycles. The van der Waals surface area contributed by atoms with Crippen molar-refractivity contribution in [2.24, 2.45) is 0 Å². The maximum Gasteiger partial charge on any atom is 0.251 e. The number of halogens is 1. The van der Waals surface area contributed by atoms with Gasteiger partial charge in [0.1, 0.15) is 0 Å². The van der Waals surface area contributed by atoms with Gasteiger partial charge >= 0.3 is 0 Å². The van der Waals surface area contributed by atoms with Gasteiger partial charge in [-0.15, -0.1) is 10.2 Å². The molecule has 0 radical (unpaired) electrons. The lowest BCUT2D eigenvalue weighted by Gasteiger charge is -2.14. The lowest BCUT2D eigenvalue weighted by Crippen LogP contribution is -2.24. The molecule has 0 aliphatic rings. The van der Waals surface area contributed by atoms with Crippen LogP contribution >= 0.6 is 23.4 Å². The Bertz CT molecular complexity index is 1300. The molecule has 0 unspecified atom stereocenters. The van der Waals surface area contributed by atoms with Crippen molar-refractivity contribution in [3.8, 4) is 5.69 Å². The summed E-state index contributed by atoms with van der Waals surface area (Å²) < 4.78 is 1.99. The van der Waals surface area contributed by atoms with Gasteiger partial charge < -0.3 is 5.32 Å². The Balaban J connectivity index is 1.60. The number of nitrogens with one attached hydrogen (secondary N) is 1. The molecule has 0 aliphatic heterocycles. The van der Waals surface area contributed by atoms with Crippen LogP contribution in [0.3, 0.4) is 0 Å². The van der Waals surface area contributed by atoms with E-state index in [-0.39, 0.29) is 12.5 Å². The smallest absolute Gasteiger partial charge is 0.251 e. The molecule has 0 aliphatic carbocycles. The minimum Gasteiger partial charge on any atom is -0.345 e. The number of hydrogen-bond donors (Lipinski definition) is 1. The van der Waals surface area contributed by atoms with E-state index < -0.39 is 0 Å². The number of carbonyl (C=O) groups is 1. The number of nitrogens with zero attached hydrogens (tertiary/aromatic N) is 3. The summed E-state index contributed by atoms with van der Waals surface area (Å²) in [7, 11) is 0. The van der Waals surface area contributed by atoms with E-state index in [1.54, 1.807) is 11.8 Å².